The molecule has 0 aromatic heterocycles. The Labute approximate surface area is 165 Å². The number of carboxylic acids is 1. The molecule has 3 rings (SSSR count). The molecular formula is C17H7F8NO5. The molecular weight excluding hydrogens is 450 g/mol. The SMILES string of the molecule is O=C(O)C(O)CN1C(=O)C(F)(F)Oc2cc(F)c(-c3c(F)c(F)c(F)c(F)c3F)cc21. The van der Waals surface area contributed by atoms with Gasteiger partial charge in [-0.2, -0.15) is 8.78 Å². The van der Waals surface area contributed by atoms with Crippen molar-refractivity contribution in [3.8, 4) is 16.9 Å². The van der Waals surface area contributed by atoms with Gasteiger partial charge in [0.05, 0.1) is 17.8 Å². The first-order valence-electron chi connectivity index (χ1n) is 7.93. The molecule has 0 aliphatic carbocycles. The molecule has 2 N–H and O–H groups in total. The molecule has 0 radical (unpaired) electrons. The normalized spacial score (nSPS) is 16.0. The number of anilines is 1. The third kappa shape index (κ3) is 3.52. The Balaban J connectivity index is 2.27. The molecule has 0 fully saturated rings. The monoisotopic (exact) mass is 457 g/mol. The van der Waals surface area contributed by atoms with E-state index in [4.69, 9.17) is 5.11 Å². The minimum atomic E-state index is -4.65. The summed E-state index contributed by atoms with van der Waals surface area (Å²) < 4.78 is 114. The molecule has 166 valence electrons. The van der Waals surface area contributed by atoms with Crippen LogP contribution in [0.25, 0.3) is 11.1 Å². The Hall–Kier alpha value is -3.42. The van der Waals surface area contributed by atoms with Gasteiger partial charge in [0.15, 0.2) is 35.1 Å². The van der Waals surface area contributed by atoms with Gasteiger partial charge in [-0.25, -0.2) is 31.1 Å². The number of carbonyl (C=O) groups excluding carboxylic acids is 1. The fourth-order valence-corrected chi connectivity index (χ4v) is 2.75. The molecule has 0 saturated heterocycles. The van der Waals surface area contributed by atoms with E-state index in [1.54, 1.807) is 0 Å². The zero-order chi connectivity index (χ0) is 23.4. The molecule has 6 nitrogen and oxygen atoms in total. The van der Waals surface area contributed by atoms with E-state index < -0.39 is 88.1 Å². The van der Waals surface area contributed by atoms with Crippen LogP contribution in [0.2, 0.25) is 0 Å². The van der Waals surface area contributed by atoms with Crippen LogP contribution in [0.4, 0.5) is 40.8 Å². The quantitative estimate of drug-likeness (QED) is 0.419. The number of ether oxygens (including phenoxy) is 1. The average Bonchev–Trinajstić information content (AvgIpc) is 2.69. The van der Waals surface area contributed by atoms with Crippen molar-refractivity contribution in [2.24, 2.45) is 0 Å². The predicted octanol–water partition coefficient (Wildman–Crippen LogP) is 2.95. The number of aliphatic carboxylic acids is 1. The Morgan fingerprint density at radius 2 is 1.52 bits per heavy atom. The maximum atomic E-state index is 14.4. The van der Waals surface area contributed by atoms with E-state index in [0.29, 0.717) is 0 Å². The van der Waals surface area contributed by atoms with Gasteiger partial charge in [0.1, 0.15) is 5.82 Å². The second kappa shape index (κ2) is 7.37. The number of aliphatic hydroxyl groups excluding tert-OH is 1. The summed E-state index contributed by atoms with van der Waals surface area (Å²) in [5.74, 6) is -19.4. The van der Waals surface area contributed by atoms with Gasteiger partial charge >= 0.3 is 18.0 Å². The lowest BCUT2D eigenvalue weighted by atomic mass is 10.0. The van der Waals surface area contributed by atoms with E-state index in [1.165, 1.54) is 0 Å². The Kier molecular flexibility index (Phi) is 5.29. The summed E-state index contributed by atoms with van der Waals surface area (Å²) in [4.78, 5) is 22.6. The zero-order valence-corrected chi connectivity index (χ0v) is 14.5. The molecule has 1 aliphatic heterocycles. The van der Waals surface area contributed by atoms with Crippen molar-refractivity contribution >= 4 is 17.6 Å². The highest BCUT2D eigenvalue weighted by molar-refractivity contribution is 6.02. The first-order chi connectivity index (χ1) is 14.3. The fourth-order valence-electron chi connectivity index (χ4n) is 2.75. The van der Waals surface area contributed by atoms with E-state index in [1.807, 2.05) is 0 Å². The van der Waals surface area contributed by atoms with Gasteiger partial charge in [-0.3, -0.25) is 9.69 Å². The topological polar surface area (TPSA) is 87.1 Å². The minimum Gasteiger partial charge on any atom is -0.479 e. The lowest BCUT2D eigenvalue weighted by molar-refractivity contribution is -0.193. The van der Waals surface area contributed by atoms with Gasteiger partial charge in [0.2, 0.25) is 5.82 Å². The van der Waals surface area contributed by atoms with Crippen molar-refractivity contribution in [1.82, 2.24) is 0 Å². The summed E-state index contributed by atoms with van der Waals surface area (Å²) in [6.45, 7) is -1.34. The molecule has 2 aromatic carbocycles. The molecule has 1 heterocycles. The summed E-state index contributed by atoms with van der Waals surface area (Å²) >= 11 is 0. The highest BCUT2D eigenvalue weighted by Gasteiger charge is 2.51. The molecule has 1 unspecified atom stereocenters. The summed E-state index contributed by atoms with van der Waals surface area (Å²) in [7, 11) is 0. The fraction of sp³-hybridized carbons (Fsp3) is 0.176. The van der Waals surface area contributed by atoms with E-state index in [9.17, 15) is 49.8 Å². The van der Waals surface area contributed by atoms with Gasteiger partial charge in [-0.05, 0) is 6.07 Å². The molecule has 1 amide bonds. The maximum absolute atomic E-state index is 14.4. The van der Waals surface area contributed by atoms with Crippen molar-refractivity contribution < 1.29 is 59.7 Å². The highest BCUT2D eigenvalue weighted by atomic mass is 19.3. The van der Waals surface area contributed by atoms with Crippen LogP contribution in [-0.4, -0.2) is 40.8 Å². The summed E-state index contributed by atoms with van der Waals surface area (Å²) in [6.07, 6.45) is -7.09. The van der Waals surface area contributed by atoms with Crippen LogP contribution in [0.1, 0.15) is 0 Å². The van der Waals surface area contributed by atoms with Crippen LogP contribution >= 0.6 is 0 Å². The number of amides is 1. The highest BCUT2D eigenvalue weighted by Crippen LogP contribution is 2.44. The number of aliphatic hydroxyl groups is 1. The second-order valence-corrected chi connectivity index (χ2v) is 6.13. The first-order valence-corrected chi connectivity index (χ1v) is 7.93. The Bertz CT molecular complexity index is 1090. The number of alkyl halides is 2. The molecule has 14 heteroatoms. The molecule has 31 heavy (non-hydrogen) atoms. The number of nitrogens with zero attached hydrogens (tertiary/aromatic N) is 1. The van der Waals surface area contributed by atoms with E-state index in [0.717, 1.165) is 0 Å². The minimum absolute atomic E-state index is 0.0726. The van der Waals surface area contributed by atoms with Crippen LogP contribution in [0, 0.1) is 34.9 Å². The van der Waals surface area contributed by atoms with Crippen LogP contribution in [-0.2, 0) is 9.59 Å². The van der Waals surface area contributed by atoms with Gasteiger partial charge < -0.3 is 14.9 Å². The van der Waals surface area contributed by atoms with Crippen molar-refractivity contribution in [2.75, 3.05) is 11.4 Å². The number of carboxylic acid groups (broad SMARTS) is 1. The molecule has 0 saturated carbocycles. The van der Waals surface area contributed by atoms with Crippen molar-refractivity contribution in [2.45, 2.75) is 12.2 Å². The van der Waals surface area contributed by atoms with Gasteiger partial charge in [-0.1, -0.05) is 0 Å². The number of hydrogen-bond acceptors (Lipinski definition) is 4. The summed E-state index contributed by atoms with van der Waals surface area (Å²) in [5, 5.41) is 18.1. The molecule has 0 spiro atoms. The maximum Gasteiger partial charge on any atom is 0.482 e. The van der Waals surface area contributed by atoms with Crippen LogP contribution in [0.5, 0.6) is 5.75 Å². The number of fused-ring (bicyclic) bond motifs is 1. The zero-order valence-electron chi connectivity index (χ0n) is 14.5. The molecule has 0 bridgehead atoms. The smallest absolute Gasteiger partial charge is 0.479 e. The molecule has 1 aliphatic rings. The third-order valence-corrected chi connectivity index (χ3v) is 4.19. The molecule has 2 aromatic rings. The number of rotatable bonds is 4. The number of hydrogen-bond donors (Lipinski definition) is 2. The lowest BCUT2D eigenvalue weighted by Crippen LogP contribution is -2.53. The van der Waals surface area contributed by atoms with E-state index in [-0.39, 0.29) is 17.0 Å². The van der Waals surface area contributed by atoms with Gasteiger partial charge in [0.25, 0.3) is 0 Å². The lowest BCUT2D eigenvalue weighted by Gasteiger charge is -2.34. The Morgan fingerprint density at radius 3 is 2.03 bits per heavy atom. The van der Waals surface area contributed by atoms with Crippen LogP contribution < -0.4 is 9.64 Å². The van der Waals surface area contributed by atoms with Crippen LogP contribution in [0.3, 0.4) is 0 Å². The average molecular weight is 457 g/mol. The van der Waals surface area contributed by atoms with Gasteiger partial charge in [0, 0.05) is 11.6 Å². The van der Waals surface area contributed by atoms with Gasteiger partial charge in [-0.15, -0.1) is 0 Å². The first kappa shape index (κ1) is 22.3. The van der Waals surface area contributed by atoms with Crippen LogP contribution in [0.15, 0.2) is 12.1 Å². The third-order valence-electron chi connectivity index (χ3n) is 4.19. The number of β-amino-alcohol motifs (C(OH)–C–C–N with tert-alkyl or cyclic N) is 1. The summed E-state index contributed by atoms with van der Waals surface area (Å²) in [6, 6.07) is 0.313. The van der Waals surface area contributed by atoms with E-state index >= 15 is 0 Å². The van der Waals surface area contributed by atoms with E-state index in [2.05, 4.69) is 4.74 Å². The Morgan fingerprint density at radius 1 is 1.00 bits per heavy atom. The standard InChI is InChI=1S/C17H7F8NO5/c18-5-2-8-6(26(3-7(27)15(28)29)16(30)17(24,25)31-8)1-4(5)9-10(19)12(21)14(23)13(22)11(9)20/h1-2,7,27H,3H2,(H,28,29). The molecule has 1 atom stereocenters. The second-order valence-electron chi connectivity index (χ2n) is 6.13. The van der Waals surface area contributed by atoms with Crippen molar-refractivity contribution in [1.29, 1.82) is 0 Å². The van der Waals surface area contributed by atoms with Crippen molar-refractivity contribution in [3.05, 3.63) is 47.0 Å². The largest absolute Gasteiger partial charge is 0.482 e. The number of benzene rings is 2. The number of carbonyl (C=O) groups is 2. The number of halogens is 8. The van der Waals surface area contributed by atoms with Crippen molar-refractivity contribution in [3.63, 3.8) is 0 Å². The summed E-state index contributed by atoms with van der Waals surface area (Å²) in [5.41, 5.74) is -4.04. The predicted molar refractivity (Wildman–Crippen MR) is 83.2 cm³/mol.